The van der Waals surface area contributed by atoms with Crippen LogP contribution in [0, 0.1) is 18.3 Å². The van der Waals surface area contributed by atoms with E-state index in [0.29, 0.717) is 11.6 Å². The molecule has 2 atom stereocenters. The normalized spacial score (nSPS) is 23.5. The summed E-state index contributed by atoms with van der Waals surface area (Å²) in [4.78, 5) is 9.38. The highest BCUT2D eigenvalue weighted by Gasteiger charge is 2.35. The minimum absolute atomic E-state index is 0.143. The minimum Gasteiger partial charge on any atom is -0.370 e. The molecule has 8 heteroatoms. The van der Waals surface area contributed by atoms with Gasteiger partial charge in [0.05, 0.1) is 35.0 Å². The smallest absolute Gasteiger partial charge is 0.101 e. The Balaban J connectivity index is 1.15. The minimum atomic E-state index is 0.143. The summed E-state index contributed by atoms with van der Waals surface area (Å²) >= 11 is 0. The number of ether oxygens (including phenoxy) is 1. The van der Waals surface area contributed by atoms with Gasteiger partial charge in [-0.25, -0.2) is 0 Å². The predicted molar refractivity (Wildman–Crippen MR) is 131 cm³/mol. The molecule has 2 saturated heterocycles. The Hall–Kier alpha value is -2.99. The molecule has 8 nitrogen and oxygen atoms in total. The second-order valence-electron chi connectivity index (χ2n) is 9.87. The number of pyridine rings is 1. The Labute approximate surface area is 200 Å². The van der Waals surface area contributed by atoms with Crippen molar-refractivity contribution < 1.29 is 4.74 Å². The monoisotopic (exact) mass is 457 g/mol. The van der Waals surface area contributed by atoms with Crippen molar-refractivity contribution in [2.45, 2.75) is 45.1 Å². The van der Waals surface area contributed by atoms with E-state index in [1.54, 1.807) is 6.20 Å². The highest BCUT2D eigenvalue weighted by molar-refractivity contribution is 5.95. The summed E-state index contributed by atoms with van der Waals surface area (Å²) in [5.41, 5.74) is 6.53. The van der Waals surface area contributed by atoms with Crippen molar-refractivity contribution in [2.75, 3.05) is 44.2 Å². The van der Waals surface area contributed by atoms with Crippen molar-refractivity contribution in [3.63, 3.8) is 0 Å². The molecule has 0 amide bonds. The van der Waals surface area contributed by atoms with Crippen LogP contribution in [0.25, 0.3) is 10.9 Å². The van der Waals surface area contributed by atoms with E-state index in [0.717, 1.165) is 68.8 Å². The number of nitriles is 1. The van der Waals surface area contributed by atoms with Crippen LogP contribution in [0.4, 0.5) is 5.69 Å². The van der Waals surface area contributed by atoms with Gasteiger partial charge in [0.15, 0.2) is 0 Å². The van der Waals surface area contributed by atoms with Crippen LogP contribution in [0.2, 0.25) is 0 Å². The SMILES string of the molecule is Cc1nn(C2CN(CC3CN(c4ccc(C#N)c5ncccc45)CC(C)O3)C2)c2c1CNCC2. The van der Waals surface area contributed by atoms with Gasteiger partial charge in [-0.1, -0.05) is 0 Å². The summed E-state index contributed by atoms with van der Waals surface area (Å²) in [5.74, 6) is 0. The first-order chi connectivity index (χ1) is 16.6. The van der Waals surface area contributed by atoms with E-state index < -0.39 is 0 Å². The molecule has 3 aliphatic heterocycles. The highest BCUT2D eigenvalue weighted by Crippen LogP contribution is 2.32. The summed E-state index contributed by atoms with van der Waals surface area (Å²) in [7, 11) is 0. The molecule has 0 aliphatic carbocycles. The second kappa shape index (κ2) is 8.66. The predicted octanol–water partition coefficient (Wildman–Crippen LogP) is 2.41. The van der Waals surface area contributed by atoms with Crippen molar-refractivity contribution in [3.8, 4) is 6.07 Å². The van der Waals surface area contributed by atoms with Gasteiger partial charge >= 0.3 is 0 Å². The number of rotatable bonds is 4. The van der Waals surface area contributed by atoms with Gasteiger partial charge in [-0.15, -0.1) is 0 Å². The number of hydrogen-bond donors (Lipinski definition) is 1. The van der Waals surface area contributed by atoms with Gasteiger partial charge in [-0.05, 0) is 38.1 Å². The summed E-state index contributed by atoms with van der Waals surface area (Å²) in [5, 5.41) is 18.9. The molecule has 2 unspecified atom stereocenters. The van der Waals surface area contributed by atoms with Crippen LogP contribution in [-0.2, 0) is 17.7 Å². The zero-order valence-corrected chi connectivity index (χ0v) is 19.9. The van der Waals surface area contributed by atoms with Crippen LogP contribution in [0.15, 0.2) is 30.5 Å². The van der Waals surface area contributed by atoms with Gasteiger partial charge < -0.3 is 15.0 Å². The molecule has 1 N–H and O–H groups in total. The van der Waals surface area contributed by atoms with Gasteiger partial charge in [-0.3, -0.25) is 14.6 Å². The van der Waals surface area contributed by atoms with Crippen LogP contribution >= 0.6 is 0 Å². The second-order valence-corrected chi connectivity index (χ2v) is 9.87. The third-order valence-corrected chi connectivity index (χ3v) is 7.44. The fourth-order valence-electron chi connectivity index (χ4n) is 5.85. The first kappa shape index (κ1) is 21.5. The van der Waals surface area contributed by atoms with Gasteiger partial charge in [0, 0.05) is 80.8 Å². The number of aryl methyl sites for hydroxylation is 1. The molecule has 3 aliphatic rings. The fourth-order valence-corrected chi connectivity index (χ4v) is 5.85. The van der Waals surface area contributed by atoms with E-state index in [1.807, 2.05) is 12.1 Å². The number of nitrogens with zero attached hydrogens (tertiary/aromatic N) is 6. The lowest BCUT2D eigenvalue weighted by atomic mass is 10.0. The fraction of sp³-hybridized carbons (Fsp3) is 0.500. The summed E-state index contributed by atoms with van der Waals surface area (Å²) in [6, 6.07) is 10.7. The Morgan fingerprint density at radius 2 is 2.09 bits per heavy atom. The summed E-state index contributed by atoms with van der Waals surface area (Å²) in [6.07, 6.45) is 3.11. The molecular weight excluding hydrogens is 426 g/mol. The van der Waals surface area contributed by atoms with E-state index in [9.17, 15) is 5.26 Å². The number of aromatic nitrogens is 3. The van der Waals surface area contributed by atoms with Crippen LogP contribution in [0.5, 0.6) is 0 Å². The number of hydrogen-bond acceptors (Lipinski definition) is 7. The molecule has 0 saturated carbocycles. The molecule has 5 heterocycles. The maximum Gasteiger partial charge on any atom is 0.101 e. The molecule has 1 aromatic carbocycles. The molecule has 2 aromatic heterocycles. The van der Waals surface area contributed by atoms with Crippen molar-refractivity contribution in [1.29, 1.82) is 5.26 Å². The Morgan fingerprint density at radius 3 is 2.94 bits per heavy atom. The third kappa shape index (κ3) is 3.74. The molecule has 34 heavy (non-hydrogen) atoms. The first-order valence-corrected chi connectivity index (χ1v) is 12.3. The molecule has 176 valence electrons. The van der Waals surface area contributed by atoms with Crippen LogP contribution in [-0.4, -0.2) is 71.1 Å². The third-order valence-electron chi connectivity index (χ3n) is 7.44. The lowest BCUT2D eigenvalue weighted by molar-refractivity contribution is -0.0491. The number of anilines is 1. The largest absolute Gasteiger partial charge is 0.370 e. The zero-order chi connectivity index (χ0) is 23.2. The quantitative estimate of drug-likeness (QED) is 0.644. The summed E-state index contributed by atoms with van der Waals surface area (Å²) < 4.78 is 8.66. The number of morpholine rings is 1. The van der Waals surface area contributed by atoms with E-state index in [2.05, 4.69) is 56.8 Å². The van der Waals surface area contributed by atoms with Gasteiger partial charge in [0.1, 0.15) is 6.07 Å². The topological polar surface area (TPSA) is 82.2 Å². The molecular formula is C26H31N7O. The molecule has 0 spiro atoms. The Bertz CT molecular complexity index is 1260. The van der Waals surface area contributed by atoms with Crippen molar-refractivity contribution in [1.82, 2.24) is 25.0 Å². The maximum absolute atomic E-state index is 9.49. The van der Waals surface area contributed by atoms with Crippen molar-refractivity contribution in [2.24, 2.45) is 0 Å². The molecule has 3 aromatic rings. The number of nitrogens with one attached hydrogen (secondary N) is 1. The lowest BCUT2D eigenvalue weighted by Gasteiger charge is -2.45. The number of likely N-dealkylation sites (tertiary alicyclic amines) is 1. The van der Waals surface area contributed by atoms with E-state index in [-0.39, 0.29) is 12.2 Å². The van der Waals surface area contributed by atoms with Gasteiger partial charge in [0.25, 0.3) is 0 Å². The molecule has 6 rings (SSSR count). The lowest BCUT2D eigenvalue weighted by Crippen LogP contribution is -2.56. The van der Waals surface area contributed by atoms with E-state index >= 15 is 0 Å². The number of benzene rings is 1. The number of fused-ring (bicyclic) bond motifs is 2. The van der Waals surface area contributed by atoms with Crippen LogP contribution < -0.4 is 10.2 Å². The molecule has 0 bridgehead atoms. The van der Waals surface area contributed by atoms with E-state index in [4.69, 9.17) is 9.84 Å². The van der Waals surface area contributed by atoms with Gasteiger partial charge in [-0.2, -0.15) is 10.4 Å². The average molecular weight is 458 g/mol. The highest BCUT2D eigenvalue weighted by atomic mass is 16.5. The van der Waals surface area contributed by atoms with Crippen LogP contribution in [0.3, 0.4) is 0 Å². The van der Waals surface area contributed by atoms with Crippen LogP contribution in [0.1, 0.15) is 35.5 Å². The summed E-state index contributed by atoms with van der Waals surface area (Å²) in [6.45, 7) is 10.9. The molecule has 2 fully saturated rings. The van der Waals surface area contributed by atoms with Gasteiger partial charge in [0.2, 0.25) is 0 Å². The standard InChI is InChI=1S/C26H31N7O/c1-17-12-32(24-6-5-19(10-27)26-22(24)4-3-8-29-26)16-21(34-17)15-31-13-20(14-31)33-25-7-9-28-11-23(25)18(2)30-33/h3-6,8,17,20-21,28H,7,9,11-16H2,1-2H3. The first-order valence-electron chi connectivity index (χ1n) is 12.3. The Morgan fingerprint density at radius 1 is 1.21 bits per heavy atom. The molecule has 0 radical (unpaired) electrons. The maximum atomic E-state index is 9.49. The van der Waals surface area contributed by atoms with Crippen molar-refractivity contribution >= 4 is 16.6 Å². The van der Waals surface area contributed by atoms with Crippen molar-refractivity contribution in [3.05, 3.63) is 53.0 Å². The zero-order valence-electron chi connectivity index (χ0n) is 19.9. The average Bonchev–Trinajstić information content (AvgIpc) is 3.16. The van der Waals surface area contributed by atoms with E-state index in [1.165, 1.54) is 17.0 Å². The Kier molecular flexibility index (Phi) is 5.48.